The first-order valence-electron chi connectivity index (χ1n) is 10.1. The van der Waals surface area contributed by atoms with Gasteiger partial charge in [0.1, 0.15) is 35.8 Å². The predicted molar refractivity (Wildman–Crippen MR) is 136 cm³/mol. The Bertz CT molecular complexity index is 1990. The molecule has 0 aliphatic heterocycles. The van der Waals surface area contributed by atoms with Crippen LogP contribution in [-0.4, -0.2) is 41.3 Å². The molecule has 35 heavy (non-hydrogen) atoms. The molecule has 0 radical (unpaired) electrons. The molecule has 170 valence electrons. The van der Waals surface area contributed by atoms with Crippen molar-refractivity contribution in [1.82, 2.24) is 35.3 Å². The summed E-state index contributed by atoms with van der Waals surface area (Å²) in [5.74, 6) is -0.545. The Kier molecular flexibility index (Phi) is 4.79. The van der Waals surface area contributed by atoms with E-state index in [1.807, 2.05) is 48.5 Å². The molecule has 0 fully saturated rings. The van der Waals surface area contributed by atoms with Crippen LogP contribution in [0, 0.1) is 0 Å². The lowest BCUT2D eigenvalue weighted by atomic mass is 10.3. The van der Waals surface area contributed by atoms with Crippen molar-refractivity contribution in [3.8, 4) is 0 Å². The van der Waals surface area contributed by atoms with E-state index in [9.17, 15) is 9.59 Å². The van der Waals surface area contributed by atoms with Crippen molar-refractivity contribution in [2.45, 2.75) is 0 Å². The number of carbonyl (C=O) groups is 1. The van der Waals surface area contributed by atoms with Gasteiger partial charge in [-0.2, -0.15) is 0 Å². The topological polar surface area (TPSA) is 179 Å². The number of thiophene rings is 2. The largest absolute Gasteiger partial charge is 0.396 e. The minimum Gasteiger partial charge on any atom is -0.396 e. The highest BCUT2D eigenvalue weighted by Gasteiger charge is 2.16. The third kappa shape index (κ3) is 3.50. The SMILES string of the molecule is NC(=O)c1sc2nc3ccccc3nc2c1N.O=c1[nH]nnc2c1sc1nc3ccccc3nc12. The maximum atomic E-state index is 11.6. The van der Waals surface area contributed by atoms with Crippen LogP contribution in [0.2, 0.25) is 0 Å². The van der Waals surface area contributed by atoms with Crippen LogP contribution in [-0.2, 0) is 0 Å². The van der Waals surface area contributed by atoms with Gasteiger partial charge in [-0.15, -0.1) is 27.8 Å². The first-order chi connectivity index (χ1) is 17.0. The van der Waals surface area contributed by atoms with Gasteiger partial charge in [0.15, 0.2) is 0 Å². The van der Waals surface area contributed by atoms with Gasteiger partial charge in [0.25, 0.3) is 11.5 Å². The van der Waals surface area contributed by atoms with Gasteiger partial charge in [-0.05, 0) is 24.3 Å². The molecule has 0 bridgehead atoms. The fraction of sp³-hybridized carbons (Fsp3) is 0. The number of primary amides is 1. The number of hydrogen-bond donors (Lipinski definition) is 3. The molecule has 7 aromatic rings. The first-order valence-corrected chi connectivity index (χ1v) is 11.8. The standard InChI is InChI=1S/C11H5N5OS.C11H8N4OS/c17-10-9-7(14-16-15-10)8-11(18-9)13-6-4-2-1-3-5(6)12-8;12-7-8-11(17-9(7)10(13)16)15-6-4-2-1-3-5(6)14-8/h1-4H,(H,14,15,17);1-4H,12H2,(H2,13,16). The molecule has 0 unspecified atom stereocenters. The fourth-order valence-corrected chi connectivity index (χ4v) is 5.40. The summed E-state index contributed by atoms with van der Waals surface area (Å²) in [5.41, 5.74) is 15.9. The average Bonchev–Trinajstić information content (AvgIpc) is 3.39. The molecule has 0 aliphatic rings. The summed E-state index contributed by atoms with van der Waals surface area (Å²) < 4.78 is 0.510. The molecule has 1 amide bonds. The van der Waals surface area contributed by atoms with Crippen LogP contribution in [0.4, 0.5) is 5.69 Å². The second-order valence-corrected chi connectivity index (χ2v) is 9.36. The molecule has 2 aromatic carbocycles. The Morgan fingerprint density at radius 2 is 1.31 bits per heavy atom. The Morgan fingerprint density at radius 1 is 0.771 bits per heavy atom. The summed E-state index contributed by atoms with van der Waals surface area (Å²) in [7, 11) is 0. The fourth-order valence-electron chi connectivity index (χ4n) is 3.55. The van der Waals surface area contributed by atoms with E-state index in [1.54, 1.807) is 0 Å². The van der Waals surface area contributed by atoms with Crippen LogP contribution in [0.25, 0.3) is 53.0 Å². The molecule has 13 heteroatoms. The summed E-state index contributed by atoms with van der Waals surface area (Å²) in [6.45, 7) is 0. The minimum absolute atomic E-state index is 0.256. The van der Waals surface area contributed by atoms with Crippen molar-refractivity contribution < 1.29 is 4.79 Å². The number of fused-ring (bicyclic) bond motifs is 6. The first kappa shape index (κ1) is 20.9. The van der Waals surface area contributed by atoms with Crippen LogP contribution in [0.15, 0.2) is 53.3 Å². The number of H-pyrrole nitrogens is 1. The van der Waals surface area contributed by atoms with Crippen LogP contribution < -0.4 is 17.0 Å². The van der Waals surface area contributed by atoms with E-state index in [-0.39, 0.29) is 5.56 Å². The van der Waals surface area contributed by atoms with Gasteiger partial charge < -0.3 is 11.5 Å². The number of nitrogen functional groups attached to an aromatic ring is 1. The molecular weight excluding hydrogens is 486 g/mol. The number of carbonyl (C=O) groups excluding carboxylic acids is 1. The Labute approximate surface area is 202 Å². The zero-order valence-corrected chi connectivity index (χ0v) is 19.2. The lowest BCUT2D eigenvalue weighted by Gasteiger charge is -1.96. The number of rotatable bonds is 1. The number of nitrogens with zero attached hydrogens (tertiary/aromatic N) is 6. The molecule has 0 saturated carbocycles. The van der Waals surface area contributed by atoms with Crippen LogP contribution in [0.3, 0.4) is 0 Å². The van der Waals surface area contributed by atoms with Crippen molar-refractivity contribution in [3.05, 3.63) is 63.8 Å². The van der Waals surface area contributed by atoms with E-state index in [0.29, 0.717) is 41.5 Å². The zero-order valence-electron chi connectivity index (χ0n) is 17.6. The lowest BCUT2D eigenvalue weighted by molar-refractivity contribution is 0.100. The summed E-state index contributed by atoms with van der Waals surface area (Å²) in [4.78, 5) is 42.3. The molecule has 0 saturated heterocycles. The molecule has 0 aliphatic carbocycles. The smallest absolute Gasteiger partial charge is 0.285 e. The number of aromatic amines is 1. The molecule has 5 N–H and O–H groups in total. The normalized spacial score (nSPS) is 11.3. The molecule has 5 aromatic heterocycles. The van der Waals surface area contributed by atoms with Gasteiger partial charge >= 0.3 is 0 Å². The summed E-state index contributed by atoms with van der Waals surface area (Å²) >= 11 is 2.46. The third-order valence-electron chi connectivity index (χ3n) is 5.15. The van der Waals surface area contributed by atoms with E-state index in [2.05, 4.69) is 35.3 Å². The minimum atomic E-state index is -0.545. The van der Waals surface area contributed by atoms with Crippen LogP contribution >= 0.6 is 22.7 Å². The molecule has 0 atom stereocenters. The Morgan fingerprint density at radius 3 is 1.91 bits per heavy atom. The maximum Gasteiger partial charge on any atom is 0.285 e. The van der Waals surface area contributed by atoms with Gasteiger partial charge in [-0.1, -0.05) is 29.5 Å². The second kappa shape index (κ2) is 8.00. The van der Waals surface area contributed by atoms with Gasteiger partial charge in [0.05, 0.1) is 27.8 Å². The van der Waals surface area contributed by atoms with Crippen molar-refractivity contribution >= 4 is 87.2 Å². The van der Waals surface area contributed by atoms with E-state index < -0.39 is 5.91 Å². The van der Waals surface area contributed by atoms with E-state index in [0.717, 1.165) is 22.1 Å². The quantitative estimate of drug-likeness (QED) is 0.306. The average molecular weight is 500 g/mol. The maximum absolute atomic E-state index is 11.6. The number of aromatic nitrogens is 7. The molecule has 5 heterocycles. The highest BCUT2D eigenvalue weighted by Crippen LogP contribution is 2.32. The number of hydrogen-bond acceptors (Lipinski definition) is 11. The van der Waals surface area contributed by atoms with Crippen molar-refractivity contribution in [2.75, 3.05) is 5.73 Å². The van der Waals surface area contributed by atoms with E-state index >= 15 is 0 Å². The predicted octanol–water partition coefficient (Wildman–Crippen LogP) is 3.00. The van der Waals surface area contributed by atoms with Gasteiger partial charge in [-0.25, -0.2) is 25.0 Å². The summed E-state index contributed by atoms with van der Waals surface area (Å²) in [6, 6.07) is 15.0. The van der Waals surface area contributed by atoms with Gasteiger partial charge in [0.2, 0.25) is 0 Å². The number of benzene rings is 2. The van der Waals surface area contributed by atoms with Crippen LogP contribution in [0.1, 0.15) is 9.67 Å². The molecule has 0 spiro atoms. The van der Waals surface area contributed by atoms with Crippen molar-refractivity contribution in [3.63, 3.8) is 0 Å². The third-order valence-corrected chi connectivity index (χ3v) is 7.31. The van der Waals surface area contributed by atoms with Gasteiger partial charge in [0, 0.05) is 0 Å². The number of nitrogens with one attached hydrogen (secondary N) is 1. The second-order valence-electron chi connectivity index (χ2n) is 7.36. The van der Waals surface area contributed by atoms with Crippen molar-refractivity contribution in [1.29, 1.82) is 0 Å². The molecule has 7 rings (SSSR count). The highest BCUT2D eigenvalue weighted by atomic mass is 32.1. The summed E-state index contributed by atoms with van der Waals surface area (Å²) in [5, 5.41) is 9.82. The van der Waals surface area contributed by atoms with Crippen LogP contribution in [0.5, 0.6) is 0 Å². The summed E-state index contributed by atoms with van der Waals surface area (Å²) in [6.07, 6.45) is 0. The number of para-hydroxylation sites is 4. The lowest BCUT2D eigenvalue weighted by Crippen LogP contribution is -2.10. The number of amides is 1. The highest BCUT2D eigenvalue weighted by molar-refractivity contribution is 7.25. The Hall–Kier alpha value is -4.62. The number of anilines is 1. The van der Waals surface area contributed by atoms with Gasteiger partial charge in [-0.3, -0.25) is 9.59 Å². The van der Waals surface area contributed by atoms with E-state index in [1.165, 1.54) is 22.7 Å². The monoisotopic (exact) mass is 499 g/mol. The molecular formula is C22H13N9O2S2. The molecule has 11 nitrogen and oxygen atoms in total. The number of nitrogens with two attached hydrogens (primary N) is 2. The Balaban J connectivity index is 0.000000131. The zero-order chi connectivity index (χ0) is 24.1. The van der Waals surface area contributed by atoms with Crippen molar-refractivity contribution in [2.24, 2.45) is 5.73 Å². The van der Waals surface area contributed by atoms with E-state index in [4.69, 9.17) is 11.5 Å².